The third-order valence-electron chi connectivity index (χ3n) is 3.09. The molecule has 0 N–H and O–H groups in total. The molecule has 0 heterocycles. The third kappa shape index (κ3) is 3.48. The first kappa shape index (κ1) is 13.0. The van der Waals surface area contributed by atoms with Crippen LogP contribution in [0.2, 0.25) is 0 Å². The lowest BCUT2D eigenvalue weighted by atomic mass is 9.94. The van der Waals surface area contributed by atoms with Crippen LogP contribution < -0.4 is 0 Å². The van der Waals surface area contributed by atoms with Crippen LogP contribution in [0.5, 0.6) is 0 Å². The number of carbonyl (C=O) groups excluding carboxylic acids is 1. The zero-order valence-electron chi connectivity index (χ0n) is 10.8. The van der Waals surface area contributed by atoms with Gasteiger partial charge in [0.05, 0.1) is 0 Å². The molecule has 1 atom stereocenters. The maximum Gasteiger partial charge on any atom is 0.135 e. The summed E-state index contributed by atoms with van der Waals surface area (Å²) in [6.07, 6.45) is 1.51. The van der Waals surface area contributed by atoms with Gasteiger partial charge in [0.2, 0.25) is 0 Å². The maximum absolute atomic E-state index is 11.5. The molecule has 1 rings (SSSR count). The molecule has 0 radical (unpaired) electrons. The predicted octanol–water partition coefficient (Wildman–Crippen LogP) is 3.97. The van der Waals surface area contributed by atoms with Gasteiger partial charge in [0.1, 0.15) is 5.78 Å². The van der Waals surface area contributed by atoms with Crippen molar-refractivity contribution < 1.29 is 4.79 Å². The van der Waals surface area contributed by atoms with Gasteiger partial charge in [-0.15, -0.1) is 0 Å². The van der Waals surface area contributed by atoms with Crippen LogP contribution in [0.15, 0.2) is 24.3 Å². The van der Waals surface area contributed by atoms with Gasteiger partial charge in [-0.25, -0.2) is 0 Å². The number of carbonyl (C=O) groups is 1. The van der Waals surface area contributed by atoms with E-state index in [9.17, 15) is 4.79 Å². The van der Waals surface area contributed by atoms with Crippen molar-refractivity contribution in [2.24, 2.45) is 5.92 Å². The molecule has 1 unspecified atom stereocenters. The zero-order valence-corrected chi connectivity index (χ0v) is 10.8. The molecule has 88 valence electrons. The Hall–Kier alpha value is -1.11. The average molecular weight is 218 g/mol. The fourth-order valence-electron chi connectivity index (χ4n) is 1.85. The fourth-order valence-corrected chi connectivity index (χ4v) is 1.85. The highest BCUT2D eigenvalue weighted by Gasteiger charge is 2.11. The highest BCUT2D eigenvalue weighted by atomic mass is 16.1. The summed E-state index contributed by atoms with van der Waals surface area (Å²) in [5, 5.41) is 0. The summed E-state index contributed by atoms with van der Waals surface area (Å²) in [5.74, 6) is 1.08. The monoisotopic (exact) mass is 218 g/mol. The zero-order chi connectivity index (χ0) is 12.1. The number of benzene rings is 1. The third-order valence-corrected chi connectivity index (χ3v) is 3.09. The molecule has 0 aromatic heterocycles. The van der Waals surface area contributed by atoms with Crippen molar-refractivity contribution in [3.8, 4) is 0 Å². The highest BCUT2D eigenvalue weighted by molar-refractivity contribution is 5.80. The van der Waals surface area contributed by atoms with E-state index in [2.05, 4.69) is 38.1 Å². The normalized spacial score (nSPS) is 12.8. The summed E-state index contributed by atoms with van der Waals surface area (Å²) in [7, 11) is 0. The number of Topliss-reactive ketones (excluding diaryl/α,β-unsaturated/α-hetero) is 1. The van der Waals surface area contributed by atoms with E-state index in [1.54, 1.807) is 0 Å². The first-order chi connectivity index (χ1) is 7.54. The molecule has 0 aliphatic heterocycles. The van der Waals surface area contributed by atoms with E-state index in [4.69, 9.17) is 0 Å². The summed E-state index contributed by atoms with van der Waals surface area (Å²) in [6, 6.07) is 8.63. The number of rotatable bonds is 5. The van der Waals surface area contributed by atoms with Crippen molar-refractivity contribution in [1.29, 1.82) is 0 Å². The Balaban J connectivity index is 2.65. The predicted molar refractivity (Wildman–Crippen MR) is 68.7 cm³/mol. The van der Waals surface area contributed by atoms with E-state index >= 15 is 0 Å². The van der Waals surface area contributed by atoms with Gasteiger partial charge in [0.15, 0.2) is 0 Å². The lowest BCUT2D eigenvalue weighted by Gasteiger charge is -2.10. The molecule has 0 spiro atoms. The Morgan fingerprint density at radius 1 is 1.12 bits per heavy atom. The Morgan fingerprint density at radius 2 is 1.69 bits per heavy atom. The second-order valence-corrected chi connectivity index (χ2v) is 4.82. The van der Waals surface area contributed by atoms with E-state index in [0.29, 0.717) is 18.1 Å². The molecule has 1 heteroatoms. The molecule has 1 aromatic carbocycles. The van der Waals surface area contributed by atoms with Crippen LogP contribution in [0.25, 0.3) is 0 Å². The van der Waals surface area contributed by atoms with Crippen LogP contribution in [0.1, 0.15) is 51.2 Å². The van der Waals surface area contributed by atoms with Gasteiger partial charge in [-0.3, -0.25) is 4.79 Å². The molecule has 0 saturated heterocycles. The summed E-state index contributed by atoms with van der Waals surface area (Å²) < 4.78 is 0. The van der Waals surface area contributed by atoms with Crippen LogP contribution >= 0.6 is 0 Å². The second-order valence-electron chi connectivity index (χ2n) is 4.82. The van der Waals surface area contributed by atoms with Crippen molar-refractivity contribution in [1.82, 2.24) is 0 Å². The minimum absolute atomic E-state index is 0.148. The molecule has 0 saturated carbocycles. The molecule has 0 aliphatic rings. The van der Waals surface area contributed by atoms with Gasteiger partial charge in [-0.2, -0.15) is 0 Å². The standard InChI is InChI=1S/C15H22O/c1-5-15(16)12(4)10-13-6-8-14(9-7-13)11(2)3/h6-9,11-12H,5,10H2,1-4H3. The van der Waals surface area contributed by atoms with E-state index in [-0.39, 0.29) is 5.92 Å². The van der Waals surface area contributed by atoms with Crippen LogP contribution in [0, 0.1) is 5.92 Å². The van der Waals surface area contributed by atoms with Crippen LogP contribution in [-0.2, 0) is 11.2 Å². The minimum Gasteiger partial charge on any atom is -0.299 e. The number of hydrogen-bond donors (Lipinski definition) is 0. The highest BCUT2D eigenvalue weighted by Crippen LogP contribution is 2.17. The maximum atomic E-state index is 11.5. The van der Waals surface area contributed by atoms with Crippen LogP contribution in [-0.4, -0.2) is 5.78 Å². The molecule has 0 amide bonds. The molecule has 1 aromatic rings. The lowest BCUT2D eigenvalue weighted by molar-refractivity contribution is -0.122. The van der Waals surface area contributed by atoms with E-state index in [1.807, 2.05) is 13.8 Å². The molecule has 1 nitrogen and oxygen atoms in total. The largest absolute Gasteiger partial charge is 0.299 e. The van der Waals surface area contributed by atoms with Gasteiger partial charge in [0, 0.05) is 12.3 Å². The van der Waals surface area contributed by atoms with Gasteiger partial charge in [-0.05, 0) is 23.5 Å². The van der Waals surface area contributed by atoms with Crippen LogP contribution in [0.4, 0.5) is 0 Å². The van der Waals surface area contributed by atoms with Crippen molar-refractivity contribution in [3.05, 3.63) is 35.4 Å². The van der Waals surface area contributed by atoms with Crippen LogP contribution in [0.3, 0.4) is 0 Å². The van der Waals surface area contributed by atoms with Gasteiger partial charge in [-0.1, -0.05) is 52.0 Å². The number of hydrogen-bond acceptors (Lipinski definition) is 1. The Morgan fingerprint density at radius 3 is 2.12 bits per heavy atom. The molecule has 16 heavy (non-hydrogen) atoms. The molecule has 0 fully saturated rings. The average Bonchev–Trinajstić information content (AvgIpc) is 2.28. The van der Waals surface area contributed by atoms with Crippen molar-refractivity contribution in [3.63, 3.8) is 0 Å². The summed E-state index contributed by atoms with van der Waals surface area (Å²) >= 11 is 0. The van der Waals surface area contributed by atoms with Crippen molar-refractivity contribution in [2.75, 3.05) is 0 Å². The van der Waals surface area contributed by atoms with Gasteiger partial charge in [0.25, 0.3) is 0 Å². The van der Waals surface area contributed by atoms with E-state index in [1.165, 1.54) is 11.1 Å². The second kappa shape index (κ2) is 5.83. The summed E-state index contributed by atoms with van der Waals surface area (Å²) in [4.78, 5) is 11.5. The Kier molecular flexibility index (Phi) is 4.72. The van der Waals surface area contributed by atoms with E-state index in [0.717, 1.165) is 6.42 Å². The van der Waals surface area contributed by atoms with Crippen molar-refractivity contribution >= 4 is 5.78 Å². The molecular weight excluding hydrogens is 196 g/mol. The molecule has 0 bridgehead atoms. The summed E-state index contributed by atoms with van der Waals surface area (Å²) in [6.45, 7) is 8.33. The Labute approximate surface area is 98.9 Å². The quantitative estimate of drug-likeness (QED) is 0.731. The van der Waals surface area contributed by atoms with Gasteiger partial charge >= 0.3 is 0 Å². The molecule has 0 aliphatic carbocycles. The van der Waals surface area contributed by atoms with E-state index < -0.39 is 0 Å². The first-order valence-electron chi connectivity index (χ1n) is 6.16. The number of ketones is 1. The van der Waals surface area contributed by atoms with Crippen molar-refractivity contribution in [2.45, 2.75) is 46.5 Å². The fraction of sp³-hybridized carbons (Fsp3) is 0.533. The smallest absolute Gasteiger partial charge is 0.135 e. The topological polar surface area (TPSA) is 17.1 Å². The SMILES string of the molecule is CCC(=O)C(C)Cc1ccc(C(C)C)cc1. The first-order valence-corrected chi connectivity index (χ1v) is 6.16. The lowest BCUT2D eigenvalue weighted by Crippen LogP contribution is -2.12. The van der Waals surface area contributed by atoms with Gasteiger partial charge < -0.3 is 0 Å². The summed E-state index contributed by atoms with van der Waals surface area (Å²) in [5.41, 5.74) is 2.62. The minimum atomic E-state index is 0.148. The molecular formula is C15H22O. The Bertz CT molecular complexity index is 335.